The number of rotatable bonds is 3. The van der Waals surface area contributed by atoms with Crippen molar-refractivity contribution in [2.24, 2.45) is 0 Å². The van der Waals surface area contributed by atoms with Gasteiger partial charge in [-0.25, -0.2) is 0 Å². The first kappa shape index (κ1) is 14.2. The maximum absolute atomic E-state index is 12.4. The third-order valence-corrected chi connectivity index (χ3v) is 3.14. The van der Waals surface area contributed by atoms with E-state index in [1.807, 2.05) is 20.8 Å². The molecule has 0 unspecified atom stereocenters. The Labute approximate surface area is 116 Å². The Morgan fingerprint density at radius 1 is 1.35 bits per heavy atom. The Hall–Kier alpha value is -2.18. The fourth-order valence-corrected chi connectivity index (χ4v) is 2.07. The number of hydrogen-bond acceptors (Lipinski definition) is 4. The van der Waals surface area contributed by atoms with Gasteiger partial charge >= 0.3 is 0 Å². The van der Waals surface area contributed by atoms with Crippen LogP contribution in [-0.2, 0) is 16.1 Å². The van der Waals surface area contributed by atoms with Crippen LogP contribution in [0.2, 0.25) is 0 Å². The van der Waals surface area contributed by atoms with Crippen molar-refractivity contribution in [3.63, 3.8) is 0 Å². The number of nitrogens with one attached hydrogen (secondary N) is 1. The van der Waals surface area contributed by atoms with Crippen molar-refractivity contribution in [3.8, 4) is 0 Å². The molecule has 1 aliphatic heterocycles. The van der Waals surface area contributed by atoms with E-state index in [2.05, 4.69) is 10.4 Å². The minimum atomic E-state index is -0.457. The molecule has 7 heteroatoms. The molecular weight excluding hydrogens is 260 g/mol. The largest absolute Gasteiger partial charge is 0.319 e. The highest BCUT2D eigenvalue weighted by molar-refractivity contribution is 6.05. The summed E-state index contributed by atoms with van der Waals surface area (Å²) < 4.78 is 1.61. The van der Waals surface area contributed by atoms with E-state index >= 15 is 0 Å². The maximum Gasteiger partial charge on any atom is 0.273 e. The molecule has 0 aliphatic carbocycles. The Bertz CT molecular complexity index is 546. The van der Waals surface area contributed by atoms with Gasteiger partial charge in [0.25, 0.3) is 5.91 Å². The second kappa shape index (κ2) is 5.44. The number of aromatic nitrogens is 2. The molecule has 108 valence electrons. The van der Waals surface area contributed by atoms with Gasteiger partial charge in [-0.05, 0) is 18.9 Å². The second-order valence-corrected chi connectivity index (χ2v) is 5.06. The average molecular weight is 278 g/mol. The lowest BCUT2D eigenvalue weighted by molar-refractivity contribution is -0.135. The van der Waals surface area contributed by atoms with E-state index in [-0.39, 0.29) is 24.9 Å². The van der Waals surface area contributed by atoms with Crippen LogP contribution in [0.5, 0.6) is 0 Å². The van der Waals surface area contributed by atoms with Crippen LogP contribution >= 0.6 is 0 Å². The molecule has 1 fully saturated rings. The lowest BCUT2D eigenvalue weighted by Crippen LogP contribution is -2.53. The molecule has 1 aromatic rings. The first-order chi connectivity index (χ1) is 9.42. The number of hydrogen-bond donors (Lipinski definition) is 1. The summed E-state index contributed by atoms with van der Waals surface area (Å²) in [6, 6.07) is 1.73. The summed E-state index contributed by atoms with van der Waals surface area (Å²) in [6.45, 7) is 6.24. The molecule has 1 N–H and O–H groups in total. The van der Waals surface area contributed by atoms with Gasteiger partial charge in [0.05, 0.1) is 5.69 Å². The second-order valence-electron chi connectivity index (χ2n) is 5.06. The summed E-state index contributed by atoms with van der Waals surface area (Å²) in [5, 5.41) is 6.54. The Kier molecular flexibility index (Phi) is 3.87. The van der Waals surface area contributed by atoms with Crippen LogP contribution in [-0.4, -0.2) is 45.5 Å². The fourth-order valence-electron chi connectivity index (χ4n) is 2.07. The summed E-state index contributed by atoms with van der Waals surface area (Å²) in [7, 11) is 0. The molecule has 1 aromatic heterocycles. The zero-order chi connectivity index (χ0) is 14.9. The van der Waals surface area contributed by atoms with Crippen LogP contribution in [0.4, 0.5) is 0 Å². The zero-order valence-electron chi connectivity index (χ0n) is 11.8. The number of amides is 3. The molecule has 0 spiro atoms. The Morgan fingerprint density at radius 2 is 1.95 bits per heavy atom. The summed E-state index contributed by atoms with van der Waals surface area (Å²) in [4.78, 5) is 36.4. The summed E-state index contributed by atoms with van der Waals surface area (Å²) >= 11 is 0. The fraction of sp³-hybridized carbons (Fsp3) is 0.538. The van der Waals surface area contributed by atoms with E-state index in [0.29, 0.717) is 12.2 Å². The van der Waals surface area contributed by atoms with Crippen molar-refractivity contribution in [2.75, 3.05) is 13.1 Å². The van der Waals surface area contributed by atoms with E-state index in [9.17, 15) is 14.4 Å². The molecule has 0 saturated carbocycles. The number of carbonyl (C=O) groups excluding carboxylic acids is 3. The van der Waals surface area contributed by atoms with Gasteiger partial charge in [-0.2, -0.15) is 5.10 Å². The SMILES string of the molecule is CCn1nc(C(C)C)cc1C(=O)N1CC(=O)NC(=O)C1. The average Bonchev–Trinajstić information content (AvgIpc) is 2.80. The molecule has 2 heterocycles. The molecule has 20 heavy (non-hydrogen) atoms. The Morgan fingerprint density at radius 3 is 2.45 bits per heavy atom. The van der Waals surface area contributed by atoms with Gasteiger partial charge in [-0.1, -0.05) is 13.8 Å². The molecule has 1 saturated heterocycles. The van der Waals surface area contributed by atoms with Crippen molar-refractivity contribution >= 4 is 17.7 Å². The molecule has 0 aromatic carbocycles. The van der Waals surface area contributed by atoms with Gasteiger partial charge in [-0.3, -0.25) is 24.4 Å². The van der Waals surface area contributed by atoms with E-state index < -0.39 is 11.8 Å². The molecular formula is C13H18N4O3. The number of imide groups is 1. The zero-order valence-corrected chi connectivity index (χ0v) is 11.8. The highest BCUT2D eigenvalue weighted by Gasteiger charge is 2.29. The van der Waals surface area contributed by atoms with Crippen LogP contribution in [0, 0.1) is 0 Å². The monoisotopic (exact) mass is 278 g/mol. The molecule has 0 radical (unpaired) electrons. The highest BCUT2D eigenvalue weighted by atomic mass is 16.2. The van der Waals surface area contributed by atoms with E-state index in [4.69, 9.17) is 0 Å². The van der Waals surface area contributed by atoms with Crippen LogP contribution in [0.25, 0.3) is 0 Å². The third-order valence-electron chi connectivity index (χ3n) is 3.14. The quantitative estimate of drug-likeness (QED) is 0.796. The summed E-state index contributed by atoms with van der Waals surface area (Å²) in [6.07, 6.45) is 0. The number of carbonyl (C=O) groups is 3. The van der Waals surface area contributed by atoms with E-state index in [1.54, 1.807) is 10.7 Å². The third kappa shape index (κ3) is 2.71. The normalized spacial score (nSPS) is 15.7. The van der Waals surface area contributed by atoms with Crippen molar-refractivity contribution in [1.82, 2.24) is 20.0 Å². The number of nitrogens with zero attached hydrogens (tertiary/aromatic N) is 3. The first-order valence-electron chi connectivity index (χ1n) is 6.62. The van der Waals surface area contributed by atoms with Gasteiger partial charge in [0, 0.05) is 6.54 Å². The molecule has 0 bridgehead atoms. The topological polar surface area (TPSA) is 84.3 Å². The van der Waals surface area contributed by atoms with Crippen LogP contribution in [0.1, 0.15) is 42.9 Å². The highest BCUT2D eigenvalue weighted by Crippen LogP contribution is 2.16. The van der Waals surface area contributed by atoms with E-state index in [0.717, 1.165) is 5.69 Å². The van der Waals surface area contributed by atoms with Crippen LogP contribution < -0.4 is 5.32 Å². The first-order valence-corrected chi connectivity index (χ1v) is 6.62. The lowest BCUT2D eigenvalue weighted by Gasteiger charge is -2.25. The summed E-state index contributed by atoms with van der Waals surface area (Å²) in [5.74, 6) is -1.04. The smallest absolute Gasteiger partial charge is 0.273 e. The van der Waals surface area contributed by atoms with Crippen molar-refractivity contribution in [2.45, 2.75) is 33.2 Å². The minimum absolute atomic E-state index is 0.101. The predicted octanol–water partition coefficient (Wildman–Crippen LogP) is 0.125. The number of aryl methyl sites for hydroxylation is 1. The predicted molar refractivity (Wildman–Crippen MR) is 71.0 cm³/mol. The van der Waals surface area contributed by atoms with Gasteiger partial charge in [0.2, 0.25) is 11.8 Å². The van der Waals surface area contributed by atoms with Gasteiger partial charge < -0.3 is 4.90 Å². The van der Waals surface area contributed by atoms with E-state index in [1.165, 1.54) is 4.90 Å². The van der Waals surface area contributed by atoms with Crippen molar-refractivity contribution in [3.05, 3.63) is 17.5 Å². The Balaban J connectivity index is 2.28. The van der Waals surface area contributed by atoms with Crippen molar-refractivity contribution < 1.29 is 14.4 Å². The summed E-state index contributed by atoms with van der Waals surface area (Å²) in [5.41, 5.74) is 1.24. The molecule has 7 nitrogen and oxygen atoms in total. The van der Waals surface area contributed by atoms with Crippen LogP contribution in [0.15, 0.2) is 6.07 Å². The maximum atomic E-state index is 12.4. The molecule has 3 amide bonds. The van der Waals surface area contributed by atoms with Crippen molar-refractivity contribution in [1.29, 1.82) is 0 Å². The van der Waals surface area contributed by atoms with Gasteiger partial charge in [-0.15, -0.1) is 0 Å². The van der Waals surface area contributed by atoms with Crippen LogP contribution in [0.3, 0.4) is 0 Å². The lowest BCUT2D eigenvalue weighted by atomic mass is 10.1. The minimum Gasteiger partial charge on any atom is -0.319 e. The standard InChI is InChI=1S/C13H18N4O3/c1-4-17-10(5-9(15-17)8(2)3)13(20)16-6-11(18)14-12(19)7-16/h5,8H,4,6-7H2,1-3H3,(H,14,18,19). The van der Waals surface area contributed by atoms with Gasteiger partial charge in [0.1, 0.15) is 18.8 Å². The van der Waals surface area contributed by atoms with Gasteiger partial charge in [0.15, 0.2) is 0 Å². The molecule has 1 aliphatic rings. The molecule has 0 atom stereocenters. The molecule has 2 rings (SSSR count). The number of piperazine rings is 1.